The predicted octanol–water partition coefficient (Wildman–Crippen LogP) is 3.29. The van der Waals surface area contributed by atoms with Crippen molar-refractivity contribution in [2.75, 3.05) is 11.9 Å². The maximum absolute atomic E-state index is 5.83. The SMILES string of the molecule is Cc1cn(C(C)C2CCCO2)c(NC2CCCC2)n1. The minimum atomic E-state index is 0.345. The van der Waals surface area contributed by atoms with E-state index in [1.807, 2.05) is 0 Å². The van der Waals surface area contributed by atoms with Crippen LogP contribution in [0.15, 0.2) is 6.20 Å². The van der Waals surface area contributed by atoms with E-state index in [9.17, 15) is 0 Å². The van der Waals surface area contributed by atoms with Crippen LogP contribution in [0.25, 0.3) is 0 Å². The van der Waals surface area contributed by atoms with E-state index < -0.39 is 0 Å². The van der Waals surface area contributed by atoms with Gasteiger partial charge in [0.05, 0.1) is 17.8 Å². The van der Waals surface area contributed by atoms with Gasteiger partial charge in [-0.3, -0.25) is 0 Å². The van der Waals surface area contributed by atoms with Crippen molar-refractivity contribution in [1.82, 2.24) is 9.55 Å². The third-order valence-electron chi connectivity index (χ3n) is 4.48. The van der Waals surface area contributed by atoms with Crippen LogP contribution in [-0.2, 0) is 4.74 Å². The number of aromatic nitrogens is 2. The molecule has 0 amide bonds. The lowest BCUT2D eigenvalue weighted by atomic mass is 10.1. The number of nitrogens with one attached hydrogen (secondary N) is 1. The van der Waals surface area contributed by atoms with Gasteiger partial charge in [0.2, 0.25) is 5.95 Å². The van der Waals surface area contributed by atoms with Crippen LogP contribution >= 0.6 is 0 Å². The summed E-state index contributed by atoms with van der Waals surface area (Å²) in [5.41, 5.74) is 1.09. The molecule has 19 heavy (non-hydrogen) atoms. The number of hydrogen-bond acceptors (Lipinski definition) is 3. The Hall–Kier alpha value is -1.03. The first kappa shape index (κ1) is 13.0. The molecule has 106 valence electrons. The first-order chi connectivity index (χ1) is 9.24. The quantitative estimate of drug-likeness (QED) is 0.906. The molecule has 4 nitrogen and oxygen atoms in total. The Morgan fingerprint density at radius 2 is 2.11 bits per heavy atom. The van der Waals surface area contributed by atoms with Gasteiger partial charge in [0, 0.05) is 18.8 Å². The molecule has 1 aromatic heterocycles. The molecule has 2 aliphatic rings. The molecule has 0 spiro atoms. The molecule has 0 aromatic carbocycles. The summed E-state index contributed by atoms with van der Waals surface area (Å²) >= 11 is 0. The summed E-state index contributed by atoms with van der Waals surface area (Å²) in [6.45, 7) is 5.23. The fraction of sp³-hybridized carbons (Fsp3) is 0.800. The monoisotopic (exact) mass is 263 g/mol. The highest BCUT2D eigenvalue weighted by molar-refractivity contribution is 5.31. The number of anilines is 1. The lowest BCUT2D eigenvalue weighted by Gasteiger charge is -2.23. The second-order valence-electron chi connectivity index (χ2n) is 6.03. The molecule has 2 atom stereocenters. The standard InChI is InChI=1S/C15H25N3O/c1-11-10-18(12(2)14-8-5-9-19-14)15(16-11)17-13-6-3-4-7-13/h10,12-14H,3-9H2,1-2H3,(H,16,17). The van der Waals surface area contributed by atoms with Gasteiger partial charge in [-0.05, 0) is 39.5 Å². The summed E-state index contributed by atoms with van der Waals surface area (Å²) in [7, 11) is 0. The van der Waals surface area contributed by atoms with Crippen molar-refractivity contribution in [3.05, 3.63) is 11.9 Å². The highest BCUT2D eigenvalue weighted by atomic mass is 16.5. The summed E-state index contributed by atoms with van der Waals surface area (Å²) < 4.78 is 8.11. The zero-order chi connectivity index (χ0) is 13.2. The molecule has 0 bridgehead atoms. The largest absolute Gasteiger partial charge is 0.376 e. The Kier molecular flexibility index (Phi) is 3.78. The van der Waals surface area contributed by atoms with Crippen LogP contribution in [0.2, 0.25) is 0 Å². The van der Waals surface area contributed by atoms with E-state index in [0.29, 0.717) is 18.2 Å². The Labute approximate surface area is 115 Å². The van der Waals surface area contributed by atoms with Gasteiger partial charge in [-0.1, -0.05) is 12.8 Å². The maximum atomic E-state index is 5.83. The number of nitrogens with zero attached hydrogens (tertiary/aromatic N) is 2. The summed E-state index contributed by atoms with van der Waals surface area (Å²) in [4.78, 5) is 4.66. The highest BCUT2D eigenvalue weighted by Crippen LogP contribution is 2.29. The Morgan fingerprint density at radius 1 is 1.32 bits per heavy atom. The van der Waals surface area contributed by atoms with Crippen molar-refractivity contribution >= 4 is 5.95 Å². The molecule has 3 rings (SSSR count). The molecular weight excluding hydrogens is 238 g/mol. The zero-order valence-corrected chi connectivity index (χ0v) is 12.1. The van der Waals surface area contributed by atoms with E-state index in [4.69, 9.17) is 4.74 Å². The van der Waals surface area contributed by atoms with E-state index in [1.165, 1.54) is 38.5 Å². The zero-order valence-electron chi connectivity index (χ0n) is 12.1. The topological polar surface area (TPSA) is 39.1 Å². The lowest BCUT2D eigenvalue weighted by molar-refractivity contribution is 0.0738. The van der Waals surface area contributed by atoms with Crippen LogP contribution in [-0.4, -0.2) is 28.3 Å². The average molecular weight is 263 g/mol. The number of aryl methyl sites for hydroxylation is 1. The molecule has 2 fully saturated rings. The predicted molar refractivity (Wildman–Crippen MR) is 76.5 cm³/mol. The van der Waals surface area contributed by atoms with Crippen LogP contribution in [0.5, 0.6) is 0 Å². The fourth-order valence-electron chi connectivity index (χ4n) is 3.35. The van der Waals surface area contributed by atoms with Crippen molar-refractivity contribution in [1.29, 1.82) is 0 Å². The smallest absolute Gasteiger partial charge is 0.203 e. The van der Waals surface area contributed by atoms with Crippen LogP contribution in [0.1, 0.15) is 57.2 Å². The van der Waals surface area contributed by atoms with Gasteiger partial charge in [0.25, 0.3) is 0 Å². The van der Waals surface area contributed by atoms with Gasteiger partial charge < -0.3 is 14.6 Å². The van der Waals surface area contributed by atoms with Gasteiger partial charge in [-0.2, -0.15) is 0 Å². The first-order valence-corrected chi connectivity index (χ1v) is 7.67. The number of imidazole rings is 1. The van der Waals surface area contributed by atoms with Crippen molar-refractivity contribution in [2.45, 2.75) is 70.6 Å². The van der Waals surface area contributed by atoms with Crippen molar-refractivity contribution < 1.29 is 4.74 Å². The molecule has 0 radical (unpaired) electrons. The van der Waals surface area contributed by atoms with Gasteiger partial charge >= 0.3 is 0 Å². The number of ether oxygens (including phenoxy) is 1. The van der Waals surface area contributed by atoms with Crippen molar-refractivity contribution in [3.63, 3.8) is 0 Å². The summed E-state index contributed by atoms with van der Waals surface area (Å²) in [6, 6.07) is 0.977. The van der Waals surface area contributed by atoms with Crippen molar-refractivity contribution in [3.8, 4) is 0 Å². The van der Waals surface area contributed by atoms with Crippen LogP contribution in [0.3, 0.4) is 0 Å². The van der Waals surface area contributed by atoms with Crippen molar-refractivity contribution in [2.24, 2.45) is 0 Å². The van der Waals surface area contributed by atoms with E-state index in [2.05, 4.69) is 34.9 Å². The Bertz CT molecular complexity index is 417. The molecule has 1 saturated carbocycles. The van der Waals surface area contributed by atoms with Crippen LogP contribution < -0.4 is 5.32 Å². The maximum Gasteiger partial charge on any atom is 0.203 e. The molecular formula is C15H25N3O. The third-order valence-corrected chi connectivity index (χ3v) is 4.48. The number of hydrogen-bond donors (Lipinski definition) is 1. The normalized spacial score (nSPS) is 25.9. The third kappa shape index (κ3) is 2.78. The minimum Gasteiger partial charge on any atom is -0.376 e. The van der Waals surface area contributed by atoms with E-state index in [-0.39, 0.29) is 0 Å². The summed E-state index contributed by atoms with van der Waals surface area (Å²) in [5, 5.41) is 3.63. The molecule has 4 heteroatoms. The van der Waals surface area contributed by atoms with Gasteiger partial charge in [0.1, 0.15) is 0 Å². The summed E-state index contributed by atoms with van der Waals surface area (Å²) in [6.07, 6.45) is 10.1. The van der Waals surface area contributed by atoms with Crippen LogP contribution in [0.4, 0.5) is 5.95 Å². The van der Waals surface area contributed by atoms with E-state index in [1.54, 1.807) is 0 Å². The van der Waals surface area contributed by atoms with Crippen LogP contribution in [0, 0.1) is 6.92 Å². The molecule has 1 aromatic rings. The van der Waals surface area contributed by atoms with E-state index in [0.717, 1.165) is 18.2 Å². The summed E-state index contributed by atoms with van der Waals surface area (Å²) in [5.74, 6) is 1.03. The Morgan fingerprint density at radius 3 is 2.79 bits per heavy atom. The highest BCUT2D eigenvalue weighted by Gasteiger charge is 2.26. The molecule has 2 unspecified atom stereocenters. The lowest BCUT2D eigenvalue weighted by Crippen LogP contribution is -2.24. The second-order valence-corrected chi connectivity index (χ2v) is 6.03. The molecule has 1 saturated heterocycles. The van der Waals surface area contributed by atoms with Gasteiger partial charge in [-0.15, -0.1) is 0 Å². The average Bonchev–Trinajstić information content (AvgIpc) is 3.10. The fourth-order valence-corrected chi connectivity index (χ4v) is 3.35. The molecule has 1 aliphatic heterocycles. The minimum absolute atomic E-state index is 0.345. The molecule has 2 heterocycles. The first-order valence-electron chi connectivity index (χ1n) is 7.67. The number of rotatable bonds is 4. The molecule has 1 N–H and O–H groups in total. The van der Waals surface area contributed by atoms with Gasteiger partial charge in [0.15, 0.2) is 0 Å². The molecule has 1 aliphatic carbocycles. The van der Waals surface area contributed by atoms with Gasteiger partial charge in [-0.25, -0.2) is 4.98 Å². The van der Waals surface area contributed by atoms with E-state index >= 15 is 0 Å². The Balaban J connectivity index is 1.75. The second kappa shape index (κ2) is 5.53.